The van der Waals surface area contributed by atoms with Crippen molar-refractivity contribution in [3.63, 3.8) is 0 Å². The molecule has 0 bridgehead atoms. The first kappa shape index (κ1) is 15.5. The largest absolute Gasteiger partial charge is 0.338 e. The molecule has 2 amide bonds. The van der Waals surface area contributed by atoms with Gasteiger partial charge in [0, 0.05) is 22.1 Å². The smallest absolute Gasteiger partial charge is 0.319 e. The maximum atomic E-state index is 11.7. The van der Waals surface area contributed by atoms with Gasteiger partial charge in [-0.1, -0.05) is 17.7 Å². The summed E-state index contributed by atoms with van der Waals surface area (Å²) in [5, 5.41) is 6.05. The molecule has 4 nitrogen and oxygen atoms in total. The molecular formula is C15H15ClN2O2S. The van der Waals surface area contributed by atoms with E-state index in [4.69, 9.17) is 11.6 Å². The summed E-state index contributed by atoms with van der Waals surface area (Å²) in [4.78, 5) is 24.7. The van der Waals surface area contributed by atoms with Crippen LogP contribution in [-0.4, -0.2) is 18.4 Å². The minimum Gasteiger partial charge on any atom is -0.338 e. The van der Waals surface area contributed by atoms with E-state index in [-0.39, 0.29) is 11.8 Å². The SMILES string of the molecule is CC(=O)c1ccc(CCNC(=O)Nc2cccc(Cl)c2)s1. The predicted molar refractivity (Wildman–Crippen MR) is 86.5 cm³/mol. The van der Waals surface area contributed by atoms with E-state index in [0.717, 1.165) is 9.75 Å². The standard InChI is InChI=1S/C15H15ClN2O2S/c1-10(19)14-6-5-13(21-14)7-8-17-15(20)18-12-4-2-3-11(16)9-12/h2-6,9H,7-8H2,1H3,(H2,17,18,20). The quantitative estimate of drug-likeness (QED) is 0.818. The van der Waals surface area contributed by atoms with Gasteiger partial charge in [-0.25, -0.2) is 4.79 Å². The summed E-state index contributed by atoms with van der Waals surface area (Å²) in [5.74, 6) is 0.0675. The van der Waals surface area contributed by atoms with Crippen LogP contribution in [0, 0.1) is 0 Å². The van der Waals surface area contributed by atoms with E-state index in [1.807, 2.05) is 12.1 Å². The van der Waals surface area contributed by atoms with Gasteiger partial charge in [-0.15, -0.1) is 11.3 Å². The zero-order chi connectivity index (χ0) is 15.2. The number of Topliss-reactive ketones (excluding diaryl/α,β-unsaturated/α-hetero) is 1. The number of thiophene rings is 1. The third-order valence-corrected chi connectivity index (χ3v) is 4.23. The number of ketones is 1. The molecular weight excluding hydrogens is 308 g/mol. The van der Waals surface area contributed by atoms with Crippen molar-refractivity contribution < 1.29 is 9.59 Å². The van der Waals surface area contributed by atoms with Crippen LogP contribution < -0.4 is 10.6 Å². The highest BCUT2D eigenvalue weighted by Gasteiger charge is 2.05. The Hall–Kier alpha value is -1.85. The Morgan fingerprint density at radius 3 is 2.71 bits per heavy atom. The number of nitrogens with one attached hydrogen (secondary N) is 2. The van der Waals surface area contributed by atoms with Gasteiger partial charge in [0.2, 0.25) is 0 Å². The molecule has 0 radical (unpaired) electrons. The molecule has 0 aliphatic carbocycles. The van der Waals surface area contributed by atoms with E-state index in [1.165, 1.54) is 11.3 Å². The van der Waals surface area contributed by atoms with Crippen LogP contribution in [-0.2, 0) is 6.42 Å². The van der Waals surface area contributed by atoms with Gasteiger partial charge in [-0.2, -0.15) is 0 Å². The number of hydrogen-bond donors (Lipinski definition) is 2. The number of urea groups is 1. The van der Waals surface area contributed by atoms with Crippen LogP contribution >= 0.6 is 22.9 Å². The highest BCUT2D eigenvalue weighted by Crippen LogP contribution is 2.17. The van der Waals surface area contributed by atoms with Gasteiger partial charge in [-0.05, 0) is 43.7 Å². The van der Waals surface area contributed by atoms with Crippen molar-refractivity contribution in [2.75, 3.05) is 11.9 Å². The van der Waals surface area contributed by atoms with Gasteiger partial charge in [0.15, 0.2) is 5.78 Å². The Morgan fingerprint density at radius 1 is 1.24 bits per heavy atom. The molecule has 21 heavy (non-hydrogen) atoms. The van der Waals surface area contributed by atoms with Crippen LogP contribution in [0.4, 0.5) is 10.5 Å². The molecule has 0 atom stereocenters. The van der Waals surface area contributed by atoms with Crippen LogP contribution in [0.1, 0.15) is 21.5 Å². The normalized spacial score (nSPS) is 10.2. The topological polar surface area (TPSA) is 58.2 Å². The third-order valence-electron chi connectivity index (χ3n) is 2.75. The maximum absolute atomic E-state index is 11.7. The lowest BCUT2D eigenvalue weighted by atomic mass is 10.3. The minimum atomic E-state index is -0.277. The van der Waals surface area contributed by atoms with Gasteiger partial charge in [0.25, 0.3) is 0 Å². The zero-order valence-corrected chi connectivity index (χ0v) is 13.1. The summed E-state index contributed by atoms with van der Waals surface area (Å²) in [6.07, 6.45) is 0.695. The van der Waals surface area contributed by atoms with E-state index < -0.39 is 0 Å². The molecule has 1 aromatic carbocycles. The lowest BCUT2D eigenvalue weighted by molar-refractivity contribution is 0.102. The van der Waals surface area contributed by atoms with Crippen LogP contribution in [0.5, 0.6) is 0 Å². The molecule has 0 saturated heterocycles. The van der Waals surface area contributed by atoms with Crippen molar-refractivity contribution in [3.05, 3.63) is 51.2 Å². The van der Waals surface area contributed by atoms with Crippen molar-refractivity contribution in [1.82, 2.24) is 5.32 Å². The zero-order valence-electron chi connectivity index (χ0n) is 11.5. The van der Waals surface area contributed by atoms with Gasteiger partial charge in [0.1, 0.15) is 0 Å². The molecule has 0 fully saturated rings. The van der Waals surface area contributed by atoms with Crippen molar-refractivity contribution in [3.8, 4) is 0 Å². The summed E-state index contributed by atoms with van der Waals surface area (Å²) < 4.78 is 0. The first-order valence-electron chi connectivity index (χ1n) is 6.44. The van der Waals surface area contributed by atoms with Crippen LogP contribution in [0.25, 0.3) is 0 Å². The number of halogens is 1. The molecule has 2 rings (SSSR count). The Morgan fingerprint density at radius 2 is 2.05 bits per heavy atom. The predicted octanol–water partition coefficient (Wildman–Crippen LogP) is 3.97. The van der Waals surface area contributed by atoms with E-state index >= 15 is 0 Å². The molecule has 2 N–H and O–H groups in total. The molecule has 0 unspecified atom stereocenters. The Labute approximate surface area is 132 Å². The number of benzene rings is 1. The number of amides is 2. The highest BCUT2D eigenvalue weighted by molar-refractivity contribution is 7.14. The summed E-state index contributed by atoms with van der Waals surface area (Å²) in [6.45, 7) is 2.05. The molecule has 0 aliphatic rings. The molecule has 2 aromatic rings. The van der Waals surface area contributed by atoms with Crippen molar-refractivity contribution in [1.29, 1.82) is 0 Å². The van der Waals surface area contributed by atoms with Crippen molar-refractivity contribution in [2.45, 2.75) is 13.3 Å². The van der Waals surface area contributed by atoms with Gasteiger partial charge in [-0.3, -0.25) is 4.79 Å². The first-order valence-corrected chi connectivity index (χ1v) is 7.64. The van der Waals surface area contributed by atoms with E-state index in [9.17, 15) is 9.59 Å². The molecule has 6 heteroatoms. The Balaban J connectivity index is 1.77. The van der Waals surface area contributed by atoms with Crippen LogP contribution in [0.3, 0.4) is 0 Å². The second-order valence-electron chi connectivity index (χ2n) is 4.46. The van der Waals surface area contributed by atoms with Crippen LogP contribution in [0.2, 0.25) is 5.02 Å². The molecule has 0 aliphatic heterocycles. The number of anilines is 1. The van der Waals surface area contributed by atoms with Crippen molar-refractivity contribution >= 4 is 40.4 Å². The fraction of sp³-hybridized carbons (Fsp3) is 0.200. The number of carbonyl (C=O) groups excluding carboxylic acids is 2. The fourth-order valence-corrected chi connectivity index (χ4v) is 2.84. The average Bonchev–Trinajstić information content (AvgIpc) is 2.87. The monoisotopic (exact) mass is 322 g/mol. The summed E-state index contributed by atoms with van der Waals surface area (Å²) in [5.41, 5.74) is 0.648. The number of rotatable bonds is 5. The number of hydrogen-bond acceptors (Lipinski definition) is 3. The third kappa shape index (κ3) is 4.88. The van der Waals surface area contributed by atoms with Crippen molar-refractivity contribution in [2.24, 2.45) is 0 Å². The molecule has 1 aromatic heterocycles. The van der Waals surface area contributed by atoms with Gasteiger partial charge in [0.05, 0.1) is 4.88 Å². The fourth-order valence-electron chi connectivity index (χ4n) is 1.74. The summed E-state index contributed by atoms with van der Waals surface area (Å²) in [6, 6.07) is 10.4. The lowest BCUT2D eigenvalue weighted by Gasteiger charge is -2.07. The maximum Gasteiger partial charge on any atom is 0.319 e. The van der Waals surface area contributed by atoms with E-state index in [0.29, 0.717) is 23.7 Å². The average molecular weight is 323 g/mol. The second kappa shape index (κ2) is 7.24. The molecule has 0 saturated carbocycles. The first-order chi connectivity index (χ1) is 10.0. The Bertz CT molecular complexity index is 655. The van der Waals surface area contributed by atoms with E-state index in [2.05, 4.69) is 10.6 Å². The highest BCUT2D eigenvalue weighted by atomic mass is 35.5. The second-order valence-corrected chi connectivity index (χ2v) is 6.07. The molecule has 0 spiro atoms. The Kier molecular flexibility index (Phi) is 5.36. The lowest BCUT2D eigenvalue weighted by Crippen LogP contribution is -2.30. The molecule has 110 valence electrons. The van der Waals surface area contributed by atoms with Crippen LogP contribution in [0.15, 0.2) is 36.4 Å². The molecule has 1 heterocycles. The minimum absolute atomic E-state index is 0.0675. The van der Waals surface area contributed by atoms with Gasteiger partial charge >= 0.3 is 6.03 Å². The number of carbonyl (C=O) groups is 2. The summed E-state index contributed by atoms with van der Waals surface area (Å²) >= 11 is 7.30. The van der Waals surface area contributed by atoms with E-state index in [1.54, 1.807) is 31.2 Å². The summed E-state index contributed by atoms with van der Waals surface area (Å²) in [7, 11) is 0. The van der Waals surface area contributed by atoms with Gasteiger partial charge < -0.3 is 10.6 Å².